The van der Waals surface area contributed by atoms with Crippen LogP contribution in [0.5, 0.6) is 0 Å². The average molecular weight is 320 g/mol. The second-order valence-corrected chi connectivity index (χ2v) is 3.89. The molecule has 0 aliphatic rings. The second-order valence-electron chi connectivity index (χ2n) is 2.69. The SMILES string of the molecule is O=C(O)COC(CC(=O)OS(=O)O)C(=O)OS(=O)O. The summed E-state index contributed by atoms with van der Waals surface area (Å²) in [4.78, 5) is 32.3. The van der Waals surface area contributed by atoms with Crippen LogP contribution < -0.4 is 0 Å². The van der Waals surface area contributed by atoms with E-state index in [1.807, 2.05) is 0 Å². The number of carboxylic acid groups (broad SMARTS) is 1. The lowest BCUT2D eigenvalue weighted by Gasteiger charge is -2.12. The van der Waals surface area contributed by atoms with Crippen molar-refractivity contribution in [3.05, 3.63) is 0 Å². The van der Waals surface area contributed by atoms with Crippen LogP contribution in [0, 0.1) is 0 Å². The minimum Gasteiger partial charge on any atom is -0.480 e. The Bertz CT molecular complexity index is 404. The summed E-state index contributed by atoms with van der Waals surface area (Å²) in [5.41, 5.74) is 0. The van der Waals surface area contributed by atoms with Gasteiger partial charge in [-0.3, -0.25) is 13.9 Å². The number of aliphatic carboxylic acids is 1. The molecule has 0 bridgehead atoms. The average Bonchev–Trinajstić information content (AvgIpc) is 2.21. The van der Waals surface area contributed by atoms with E-state index in [0.717, 1.165) is 0 Å². The Morgan fingerprint density at radius 3 is 2.00 bits per heavy atom. The van der Waals surface area contributed by atoms with E-state index < -0.39 is 59.8 Å². The van der Waals surface area contributed by atoms with Gasteiger partial charge in [0.25, 0.3) is 0 Å². The van der Waals surface area contributed by atoms with E-state index in [-0.39, 0.29) is 0 Å². The van der Waals surface area contributed by atoms with Gasteiger partial charge in [-0.2, -0.15) is 8.42 Å². The molecule has 19 heavy (non-hydrogen) atoms. The number of rotatable bonds is 8. The molecule has 0 amide bonds. The largest absolute Gasteiger partial charge is 0.480 e. The van der Waals surface area contributed by atoms with Crippen LogP contribution in [0.1, 0.15) is 6.42 Å². The predicted octanol–water partition coefficient (Wildman–Crippen LogP) is -1.79. The first-order chi connectivity index (χ1) is 8.72. The molecule has 13 heteroatoms. The third-order valence-corrected chi connectivity index (χ3v) is 1.98. The quantitative estimate of drug-likeness (QED) is 0.430. The van der Waals surface area contributed by atoms with Gasteiger partial charge in [0.1, 0.15) is 6.61 Å². The Balaban J connectivity index is 4.60. The highest BCUT2D eigenvalue weighted by molar-refractivity contribution is 7.74. The molecule has 3 atom stereocenters. The van der Waals surface area contributed by atoms with Crippen LogP contribution in [0.3, 0.4) is 0 Å². The van der Waals surface area contributed by atoms with Crippen LogP contribution in [0.4, 0.5) is 0 Å². The van der Waals surface area contributed by atoms with E-state index in [9.17, 15) is 22.8 Å². The van der Waals surface area contributed by atoms with Crippen molar-refractivity contribution in [3.8, 4) is 0 Å². The fourth-order valence-electron chi connectivity index (χ4n) is 0.771. The van der Waals surface area contributed by atoms with Gasteiger partial charge in [0.15, 0.2) is 6.10 Å². The van der Waals surface area contributed by atoms with Crippen LogP contribution in [0.15, 0.2) is 0 Å². The van der Waals surface area contributed by atoms with Crippen LogP contribution in [0.25, 0.3) is 0 Å². The molecular formula is C6H8O11S2. The Labute approximate surface area is 110 Å². The van der Waals surface area contributed by atoms with Gasteiger partial charge in [0, 0.05) is 0 Å². The van der Waals surface area contributed by atoms with E-state index in [1.165, 1.54) is 0 Å². The zero-order valence-electron chi connectivity index (χ0n) is 8.92. The molecule has 0 fully saturated rings. The first-order valence-corrected chi connectivity index (χ1v) is 6.27. The standard InChI is InChI=1S/C6H8O11S2/c7-4(8)2-15-3(6(10)17-19(13)14)1-5(9)16-18(11)12/h3H,1-2H2,(H,7,8)(H,11,12)(H,13,14). The first kappa shape index (κ1) is 17.6. The minimum atomic E-state index is -2.99. The number of hydrogen-bond acceptors (Lipinski definition) is 8. The highest BCUT2D eigenvalue weighted by Crippen LogP contribution is 2.05. The predicted molar refractivity (Wildman–Crippen MR) is 55.7 cm³/mol. The van der Waals surface area contributed by atoms with E-state index >= 15 is 0 Å². The molecule has 0 radical (unpaired) electrons. The lowest BCUT2D eigenvalue weighted by molar-refractivity contribution is -0.158. The molecule has 0 aliphatic heterocycles. The van der Waals surface area contributed by atoms with Crippen molar-refractivity contribution in [1.82, 2.24) is 0 Å². The molecular weight excluding hydrogens is 312 g/mol. The molecule has 0 aromatic heterocycles. The molecule has 0 heterocycles. The summed E-state index contributed by atoms with van der Waals surface area (Å²) in [6, 6.07) is 0. The lowest BCUT2D eigenvalue weighted by atomic mass is 10.2. The number of carboxylic acids is 1. The van der Waals surface area contributed by atoms with E-state index in [0.29, 0.717) is 0 Å². The van der Waals surface area contributed by atoms with Crippen molar-refractivity contribution in [2.75, 3.05) is 6.61 Å². The van der Waals surface area contributed by atoms with E-state index in [1.54, 1.807) is 0 Å². The molecule has 11 nitrogen and oxygen atoms in total. The van der Waals surface area contributed by atoms with Gasteiger partial charge in [-0.25, -0.2) is 9.59 Å². The molecule has 3 N–H and O–H groups in total. The van der Waals surface area contributed by atoms with E-state index in [2.05, 4.69) is 13.1 Å². The van der Waals surface area contributed by atoms with Gasteiger partial charge in [-0.05, 0) is 0 Å². The maximum absolute atomic E-state index is 11.1. The number of hydrogen-bond donors (Lipinski definition) is 3. The van der Waals surface area contributed by atoms with Gasteiger partial charge in [0.05, 0.1) is 6.42 Å². The van der Waals surface area contributed by atoms with Crippen molar-refractivity contribution in [1.29, 1.82) is 0 Å². The van der Waals surface area contributed by atoms with Crippen LogP contribution >= 0.6 is 0 Å². The van der Waals surface area contributed by atoms with Gasteiger partial charge >= 0.3 is 40.6 Å². The number of carbonyl (C=O) groups excluding carboxylic acids is 2. The summed E-state index contributed by atoms with van der Waals surface area (Å²) >= 11 is -5.93. The van der Waals surface area contributed by atoms with Crippen LogP contribution in [-0.4, -0.2) is 53.2 Å². The highest BCUT2D eigenvalue weighted by atomic mass is 32.2. The molecule has 0 spiro atoms. The fourth-order valence-corrected chi connectivity index (χ4v) is 1.25. The van der Waals surface area contributed by atoms with Crippen LogP contribution in [-0.2, 0) is 50.2 Å². The second kappa shape index (κ2) is 8.65. The lowest BCUT2D eigenvalue weighted by Crippen LogP contribution is -2.32. The number of ether oxygens (including phenoxy) is 1. The van der Waals surface area contributed by atoms with Gasteiger partial charge in [0.2, 0.25) is 0 Å². The topological polar surface area (TPSA) is 174 Å². The van der Waals surface area contributed by atoms with Gasteiger partial charge < -0.3 is 18.2 Å². The minimum absolute atomic E-state index is 0.977. The molecule has 0 saturated carbocycles. The summed E-state index contributed by atoms with van der Waals surface area (Å²) < 4.78 is 48.8. The molecule has 0 aliphatic carbocycles. The zero-order valence-corrected chi connectivity index (χ0v) is 10.5. The monoisotopic (exact) mass is 320 g/mol. The van der Waals surface area contributed by atoms with E-state index in [4.69, 9.17) is 14.2 Å². The van der Waals surface area contributed by atoms with Crippen molar-refractivity contribution >= 4 is 40.6 Å². The maximum atomic E-state index is 11.1. The molecule has 0 saturated heterocycles. The Morgan fingerprint density at radius 1 is 1.05 bits per heavy atom. The Kier molecular flexibility index (Phi) is 8.01. The summed E-state index contributed by atoms with van der Waals surface area (Å²) in [6.07, 6.45) is -2.85. The first-order valence-electron chi connectivity index (χ1n) is 4.20. The molecule has 0 rings (SSSR count). The Hall–Kier alpha value is -1.41. The summed E-state index contributed by atoms with van der Waals surface area (Å²) in [7, 11) is 0. The number of carbonyl (C=O) groups is 3. The maximum Gasteiger partial charge on any atom is 0.360 e. The Morgan fingerprint density at radius 2 is 1.58 bits per heavy atom. The van der Waals surface area contributed by atoms with Gasteiger partial charge in [-0.15, -0.1) is 0 Å². The molecule has 0 aromatic carbocycles. The third kappa shape index (κ3) is 9.20. The molecule has 3 unspecified atom stereocenters. The highest BCUT2D eigenvalue weighted by Gasteiger charge is 2.28. The van der Waals surface area contributed by atoms with Gasteiger partial charge in [-0.1, -0.05) is 0 Å². The molecule has 0 aromatic rings. The summed E-state index contributed by atoms with van der Waals surface area (Å²) in [5.74, 6) is -4.37. The van der Waals surface area contributed by atoms with Crippen molar-refractivity contribution in [3.63, 3.8) is 0 Å². The third-order valence-electron chi connectivity index (χ3n) is 1.34. The van der Waals surface area contributed by atoms with Crippen molar-refractivity contribution < 1.29 is 50.1 Å². The van der Waals surface area contributed by atoms with Crippen LogP contribution in [0.2, 0.25) is 0 Å². The summed E-state index contributed by atoms with van der Waals surface area (Å²) in [6.45, 7) is -1.01. The summed E-state index contributed by atoms with van der Waals surface area (Å²) in [5, 5.41) is 8.31. The fraction of sp³-hybridized carbons (Fsp3) is 0.500. The van der Waals surface area contributed by atoms with Crippen molar-refractivity contribution in [2.45, 2.75) is 12.5 Å². The van der Waals surface area contributed by atoms with Crippen molar-refractivity contribution in [2.24, 2.45) is 0 Å². The molecule has 110 valence electrons. The zero-order chi connectivity index (χ0) is 15.0. The smallest absolute Gasteiger partial charge is 0.360 e. The normalized spacial score (nSPS) is 15.1.